The lowest BCUT2D eigenvalue weighted by atomic mass is 9.96. The minimum atomic E-state index is -0.211. The molecule has 4 rings (SSSR count). The molecule has 0 fully saturated rings. The van der Waals surface area contributed by atoms with Gasteiger partial charge in [0.1, 0.15) is 11.3 Å². The summed E-state index contributed by atoms with van der Waals surface area (Å²) in [4.78, 5) is 12.8. The van der Waals surface area contributed by atoms with Gasteiger partial charge < -0.3 is 14.5 Å². The van der Waals surface area contributed by atoms with E-state index in [0.717, 1.165) is 50.0 Å². The van der Waals surface area contributed by atoms with Crippen molar-refractivity contribution < 1.29 is 13.9 Å². The van der Waals surface area contributed by atoms with E-state index in [4.69, 9.17) is 32.4 Å². The smallest absolute Gasteiger partial charge is 0.248 e. The highest BCUT2D eigenvalue weighted by molar-refractivity contribution is 6.36. The summed E-state index contributed by atoms with van der Waals surface area (Å²) in [5, 5.41) is 4.94. The van der Waals surface area contributed by atoms with Crippen LogP contribution >= 0.6 is 23.2 Å². The van der Waals surface area contributed by atoms with Crippen LogP contribution in [0.15, 0.2) is 59.2 Å². The molecule has 0 spiro atoms. The number of furan rings is 1. The van der Waals surface area contributed by atoms with E-state index in [2.05, 4.69) is 5.32 Å². The number of amides is 1. The summed E-state index contributed by atoms with van der Waals surface area (Å²) in [7, 11) is 1.61. The fourth-order valence-electron chi connectivity index (χ4n) is 4.19. The number of hydrogen-bond acceptors (Lipinski definition) is 3. The number of methoxy groups -OCH3 is 1. The molecule has 0 aliphatic heterocycles. The minimum Gasteiger partial charge on any atom is -0.496 e. The van der Waals surface area contributed by atoms with Gasteiger partial charge in [-0.25, -0.2) is 0 Å². The predicted octanol–water partition coefficient (Wildman–Crippen LogP) is 8.38. The third-order valence-electron chi connectivity index (χ3n) is 5.88. The standard InChI is InChI=1S/C28H25Cl2NO3/c1-15-6-9-25(17(3)10-15)31-26(32)11-16(2)21-13-22-23(20-8-7-19(29)12-24(20)30)14-34-28(22)18(4)27(21)33-5/h6-14H,1-5H3,(H,31,32)/b16-11+. The second-order valence-corrected chi connectivity index (χ2v) is 9.21. The molecule has 1 heterocycles. The molecule has 1 amide bonds. The fraction of sp³-hybridized carbons (Fsp3) is 0.179. The zero-order chi connectivity index (χ0) is 24.6. The van der Waals surface area contributed by atoms with Gasteiger partial charge in [-0.3, -0.25) is 4.79 Å². The molecule has 0 bridgehead atoms. The Balaban J connectivity index is 1.78. The molecule has 0 atom stereocenters. The van der Waals surface area contributed by atoms with E-state index in [1.165, 1.54) is 0 Å². The molecule has 1 aromatic heterocycles. The zero-order valence-electron chi connectivity index (χ0n) is 19.7. The zero-order valence-corrected chi connectivity index (χ0v) is 21.2. The van der Waals surface area contributed by atoms with E-state index in [-0.39, 0.29) is 5.91 Å². The molecule has 3 aromatic carbocycles. The number of halogens is 2. The highest BCUT2D eigenvalue weighted by Crippen LogP contribution is 2.42. The third-order valence-corrected chi connectivity index (χ3v) is 6.43. The SMILES string of the molecule is COc1c(/C(C)=C/C(=O)Nc2ccc(C)cc2C)cc2c(-c3ccc(Cl)cc3Cl)coc2c1C. The summed E-state index contributed by atoms with van der Waals surface area (Å²) < 4.78 is 11.6. The number of rotatable bonds is 5. The van der Waals surface area contributed by atoms with Crippen molar-refractivity contribution in [1.82, 2.24) is 0 Å². The highest BCUT2D eigenvalue weighted by atomic mass is 35.5. The van der Waals surface area contributed by atoms with Crippen molar-refractivity contribution >= 4 is 51.3 Å². The van der Waals surface area contributed by atoms with Gasteiger partial charge in [0.2, 0.25) is 5.91 Å². The van der Waals surface area contributed by atoms with Crippen molar-refractivity contribution in [2.45, 2.75) is 27.7 Å². The number of nitrogens with one attached hydrogen (secondary N) is 1. The summed E-state index contributed by atoms with van der Waals surface area (Å²) in [5.74, 6) is 0.445. The minimum absolute atomic E-state index is 0.211. The number of benzene rings is 3. The molecule has 0 saturated carbocycles. The molecule has 6 heteroatoms. The van der Waals surface area contributed by atoms with Crippen LogP contribution in [0.4, 0.5) is 5.69 Å². The number of ether oxygens (including phenoxy) is 1. The van der Waals surface area contributed by atoms with Crippen LogP contribution in [0.5, 0.6) is 5.75 Å². The average molecular weight is 494 g/mol. The van der Waals surface area contributed by atoms with Gasteiger partial charge in [-0.05, 0) is 63.1 Å². The first-order valence-corrected chi connectivity index (χ1v) is 11.6. The molecule has 34 heavy (non-hydrogen) atoms. The molecule has 0 radical (unpaired) electrons. The Bertz CT molecular complexity index is 1450. The number of aryl methyl sites for hydroxylation is 3. The summed E-state index contributed by atoms with van der Waals surface area (Å²) in [6.07, 6.45) is 3.26. The van der Waals surface area contributed by atoms with Gasteiger partial charge >= 0.3 is 0 Å². The largest absolute Gasteiger partial charge is 0.496 e. The Morgan fingerprint density at radius 1 is 1.03 bits per heavy atom. The molecule has 0 unspecified atom stereocenters. The third kappa shape index (κ3) is 4.56. The summed E-state index contributed by atoms with van der Waals surface area (Å²) in [6, 6.07) is 13.3. The molecule has 174 valence electrons. The summed E-state index contributed by atoms with van der Waals surface area (Å²) >= 11 is 12.6. The topological polar surface area (TPSA) is 51.5 Å². The average Bonchev–Trinajstić information content (AvgIpc) is 3.19. The van der Waals surface area contributed by atoms with Crippen molar-refractivity contribution in [3.8, 4) is 16.9 Å². The second kappa shape index (κ2) is 9.57. The molecular formula is C28H25Cl2NO3. The van der Waals surface area contributed by atoms with Crippen LogP contribution in [0.2, 0.25) is 10.0 Å². The molecule has 4 aromatic rings. The van der Waals surface area contributed by atoms with Gasteiger partial charge in [-0.1, -0.05) is 47.0 Å². The van der Waals surface area contributed by atoms with Crippen molar-refractivity contribution in [3.05, 3.63) is 87.1 Å². The van der Waals surface area contributed by atoms with E-state index >= 15 is 0 Å². The van der Waals surface area contributed by atoms with E-state index in [9.17, 15) is 4.79 Å². The van der Waals surface area contributed by atoms with Gasteiger partial charge in [0.15, 0.2) is 0 Å². The summed E-state index contributed by atoms with van der Waals surface area (Å²) in [6.45, 7) is 7.82. The Labute approximate surface area is 209 Å². The lowest BCUT2D eigenvalue weighted by molar-refractivity contribution is -0.111. The van der Waals surface area contributed by atoms with Gasteiger partial charge in [0.25, 0.3) is 0 Å². The van der Waals surface area contributed by atoms with Gasteiger partial charge in [-0.2, -0.15) is 0 Å². The van der Waals surface area contributed by atoms with Crippen LogP contribution in [0, 0.1) is 20.8 Å². The monoisotopic (exact) mass is 493 g/mol. The van der Waals surface area contributed by atoms with Gasteiger partial charge in [-0.15, -0.1) is 0 Å². The number of allylic oxidation sites excluding steroid dienone is 1. The normalized spacial score (nSPS) is 11.7. The maximum atomic E-state index is 12.8. The van der Waals surface area contributed by atoms with Crippen molar-refractivity contribution in [2.24, 2.45) is 0 Å². The van der Waals surface area contributed by atoms with Gasteiger partial charge in [0, 0.05) is 44.4 Å². The van der Waals surface area contributed by atoms with Crippen LogP contribution in [0.1, 0.15) is 29.2 Å². The summed E-state index contributed by atoms with van der Waals surface area (Å²) in [5.41, 5.74) is 7.71. The fourth-order valence-corrected chi connectivity index (χ4v) is 4.70. The predicted molar refractivity (Wildman–Crippen MR) is 141 cm³/mol. The van der Waals surface area contributed by atoms with Crippen LogP contribution in [-0.2, 0) is 4.79 Å². The Hall–Kier alpha value is -3.21. The molecule has 1 N–H and O–H groups in total. The molecule has 0 saturated heterocycles. The first-order valence-electron chi connectivity index (χ1n) is 10.8. The van der Waals surface area contributed by atoms with Crippen molar-refractivity contribution in [1.29, 1.82) is 0 Å². The number of carbonyl (C=O) groups excluding carboxylic acids is 1. The van der Waals surface area contributed by atoms with E-state index < -0.39 is 0 Å². The number of fused-ring (bicyclic) bond motifs is 1. The van der Waals surface area contributed by atoms with Crippen LogP contribution in [-0.4, -0.2) is 13.0 Å². The lowest BCUT2D eigenvalue weighted by Crippen LogP contribution is -2.10. The van der Waals surface area contributed by atoms with E-state index in [1.54, 1.807) is 31.6 Å². The van der Waals surface area contributed by atoms with Crippen LogP contribution < -0.4 is 10.1 Å². The molecule has 0 aliphatic carbocycles. The van der Waals surface area contributed by atoms with E-state index in [1.807, 2.05) is 58.0 Å². The maximum Gasteiger partial charge on any atom is 0.248 e. The number of hydrogen-bond donors (Lipinski definition) is 1. The lowest BCUT2D eigenvalue weighted by Gasteiger charge is -2.14. The Morgan fingerprint density at radius 3 is 2.47 bits per heavy atom. The second-order valence-electron chi connectivity index (χ2n) is 8.37. The van der Waals surface area contributed by atoms with Crippen LogP contribution in [0.3, 0.4) is 0 Å². The van der Waals surface area contributed by atoms with Crippen molar-refractivity contribution in [2.75, 3.05) is 12.4 Å². The first-order chi connectivity index (χ1) is 16.2. The molecule has 0 aliphatic rings. The Morgan fingerprint density at radius 2 is 1.79 bits per heavy atom. The first kappa shape index (κ1) is 23.9. The maximum absolute atomic E-state index is 12.8. The number of carbonyl (C=O) groups is 1. The van der Waals surface area contributed by atoms with E-state index in [0.29, 0.717) is 21.4 Å². The Kier molecular flexibility index (Phi) is 6.74. The highest BCUT2D eigenvalue weighted by Gasteiger charge is 2.20. The number of anilines is 1. The van der Waals surface area contributed by atoms with Crippen LogP contribution in [0.25, 0.3) is 27.7 Å². The van der Waals surface area contributed by atoms with Crippen molar-refractivity contribution in [3.63, 3.8) is 0 Å². The van der Waals surface area contributed by atoms with Gasteiger partial charge in [0.05, 0.1) is 18.4 Å². The quantitative estimate of drug-likeness (QED) is 0.284. The molecule has 4 nitrogen and oxygen atoms in total. The molecular weight excluding hydrogens is 469 g/mol.